The Balaban J connectivity index is 4.22. The van der Waals surface area contributed by atoms with Crippen LogP contribution in [0.2, 0.25) is 0 Å². The number of ether oxygens (including phenoxy) is 6. The van der Waals surface area contributed by atoms with Gasteiger partial charge >= 0.3 is 24.2 Å². The van der Waals surface area contributed by atoms with Gasteiger partial charge in [-0.05, 0) is 40.5 Å². The van der Waals surface area contributed by atoms with Crippen LogP contribution in [0.5, 0.6) is 0 Å². The van der Waals surface area contributed by atoms with Gasteiger partial charge < -0.3 is 28.4 Å². The third-order valence-electron chi connectivity index (χ3n) is 3.48. The van der Waals surface area contributed by atoms with Crippen molar-refractivity contribution in [3.05, 3.63) is 25.3 Å². The first-order chi connectivity index (χ1) is 13.9. The van der Waals surface area contributed by atoms with Gasteiger partial charge in [0.2, 0.25) is 0 Å². The molecule has 0 saturated heterocycles. The van der Waals surface area contributed by atoms with E-state index in [-0.39, 0.29) is 26.4 Å². The molecule has 0 aliphatic rings. The van der Waals surface area contributed by atoms with E-state index in [1.165, 1.54) is 0 Å². The summed E-state index contributed by atoms with van der Waals surface area (Å²) in [7, 11) is 0. The van der Waals surface area contributed by atoms with E-state index in [9.17, 15) is 19.2 Å². The van der Waals surface area contributed by atoms with Crippen molar-refractivity contribution in [3.8, 4) is 0 Å². The highest BCUT2D eigenvalue weighted by Crippen LogP contribution is 2.25. The van der Waals surface area contributed by atoms with Gasteiger partial charge in [0.25, 0.3) is 0 Å². The minimum Gasteiger partial charge on any atom is -0.459 e. The first-order valence-corrected chi connectivity index (χ1v) is 9.21. The molecule has 0 spiro atoms. The van der Waals surface area contributed by atoms with Crippen molar-refractivity contribution < 1.29 is 47.6 Å². The van der Waals surface area contributed by atoms with Crippen LogP contribution in [0, 0.1) is 0 Å². The molecule has 0 amide bonds. The van der Waals surface area contributed by atoms with Crippen LogP contribution in [0.3, 0.4) is 0 Å². The maximum absolute atomic E-state index is 11.7. The highest BCUT2D eigenvalue weighted by molar-refractivity contribution is 5.81. The standard InChI is InChI=1S/C20H30O10/c1-7-15(21)25-11-13-27-17(23)29-19(3,4)9-10-20(5,6)30-18(24)28-14-12-26-16(22)8-2/h7-8H,1-2,9-14H2,3-6H3. The van der Waals surface area contributed by atoms with Crippen LogP contribution in [0.1, 0.15) is 40.5 Å². The first kappa shape index (κ1) is 27.0. The molecule has 10 nitrogen and oxygen atoms in total. The lowest BCUT2D eigenvalue weighted by molar-refractivity contribution is -0.140. The van der Waals surface area contributed by atoms with E-state index in [0.29, 0.717) is 12.8 Å². The van der Waals surface area contributed by atoms with Crippen molar-refractivity contribution in [2.24, 2.45) is 0 Å². The van der Waals surface area contributed by atoms with Gasteiger partial charge in [0, 0.05) is 12.2 Å². The summed E-state index contributed by atoms with van der Waals surface area (Å²) < 4.78 is 29.5. The fraction of sp³-hybridized carbons (Fsp3) is 0.600. The molecule has 0 bridgehead atoms. The van der Waals surface area contributed by atoms with Gasteiger partial charge in [-0.15, -0.1) is 0 Å². The fourth-order valence-corrected chi connectivity index (χ4v) is 1.87. The summed E-state index contributed by atoms with van der Waals surface area (Å²) in [6, 6.07) is 0. The molecule has 0 aromatic heterocycles. The Bertz CT molecular complexity index is 567. The number of rotatable bonds is 13. The average Bonchev–Trinajstić information content (AvgIpc) is 2.66. The molecule has 0 unspecified atom stereocenters. The Morgan fingerprint density at radius 3 is 1.23 bits per heavy atom. The summed E-state index contributed by atoms with van der Waals surface area (Å²) in [6.45, 7) is 12.6. The van der Waals surface area contributed by atoms with E-state index >= 15 is 0 Å². The van der Waals surface area contributed by atoms with Gasteiger partial charge in [-0.1, -0.05) is 13.2 Å². The monoisotopic (exact) mass is 430 g/mol. The average molecular weight is 430 g/mol. The van der Waals surface area contributed by atoms with Crippen LogP contribution in [-0.4, -0.2) is 61.9 Å². The highest BCUT2D eigenvalue weighted by atomic mass is 16.7. The van der Waals surface area contributed by atoms with Crippen molar-refractivity contribution in [1.82, 2.24) is 0 Å². The van der Waals surface area contributed by atoms with Crippen LogP contribution in [0.25, 0.3) is 0 Å². The molecule has 0 aromatic carbocycles. The van der Waals surface area contributed by atoms with Crippen molar-refractivity contribution in [2.45, 2.75) is 51.7 Å². The molecule has 0 fully saturated rings. The molecule has 0 aromatic rings. The van der Waals surface area contributed by atoms with Gasteiger partial charge in [0.1, 0.15) is 37.6 Å². The molecule has 30 heavy (non-hydrogen) atoms. The van der Waals surface area contributed by atoms with Gasteiger partial charge in [-0.2, -0.15) is 0 Å². The second kappa shape index (κ2) is 13.2. The van der Waals surface area contributed by atoms with Gasteiger partial charge in [0.05, 0.1) is 0 Å². The van der Waals surface area contributed by atoms with Crippen LogP contribution in [0.15, 0.2) is 25.3 Å². The summed E-state index contributed by atoms with van der Waals surface area (Å²) in [5, 5.41) is 0. The molecule has 170 valence electrons. The zero-order valence-corrected chi connectivity index (χ0v) is 17.9. The molecular weight excluding hydrogens is 400 g/mol. The Morgan fingerprint density at radius 1 is 0.633 bits per heavy atom. The molecule has 10 heteroatoms. The predicted octanol–water partition coefficient (Wildman–Crippen LogP) is 3.09. The van der Waals surface area contributed by atoms with E-state index in [1.807, 2.05) is 0 Å². The lowest BCUT2D eigenvalue weighted by Gasteiger charge is -2.30. The summed E-state index contributed by atoms with van der Waals surface area (Å²) in [4.78, 5) is 45.2. The molecular formula is C20H30O10. The summed E-state index contributed by atoms with van der Waals surface area (Å²) in [6.07, 6.45) is 0.871. The maximum atomic E-state index is 11.7. The topological polar surface area (TPSA) is 124 Å². The number of carbonyl (C=O) groups excluding carboxylic acids is 4. The minimum absolute atomic E-state index is 0.115. The van der Waals surface area contributed by atoms with Crippen LogP contribution >= 0.6 is 0 Å². The molecule has 0 aliphatic carbocycles. The second-order valence-corrected chi connectivity index (χ2v) is 7.16. The van der Waals surface area contributed by atoms with E-state index in [2.05, 4.69) is 22.6 Å². The van der Waals surface area contributed by atoms with Crippen LogP contribution in [-0.2, 0) is 38.0 Å². The molecule has 0 atom stereocenters. The Hall–Kier alpha value is -3.04. The highest BCUT2D eigenvalue weighted by Gasteiger charge is 2.30. The van der Waals surface area contributed by atoms with E-state index in [1.54, 1.807) is 27.7 Å². The number of esters is 2. The third kappa shape index (κ3) is 14.0. The van der Waals surface area contributed by atoms with Crippen molar-refractivity contribution in [3.63, 3.8) is 0 Å². The number of hydrogen-bond acceptors (Lipinski definition) is 10. The normalized spacial score (nSPS) is 10.9. The first-order valence-electron chi connectivity index (χ1n) is 9.21. The van der Waals surface area contributed by atoms with Gasteiger partial charge in [-0.25, -0.2) is 19.2 Å². The Kier molecular flexibility index (Phi) is 11.9. The molecule has 0 radical (unpaired) electrons. The predicted molar refractivity (Wildman–Crippen MR) is 105 cm³/mol. The van der Waals surface area contributed by atoms with Crippen molar-refractivity contribution >= 4 is 24.2 Å². The molecule has 0 aliphatic heterocycles. The zero-order chi connectivity index (χ0) is 23.2. The lowest BCUT2D eigenvalue weighted by atomic mass is 9.94. The Morgan fingerprint density at radius 2 is 0.933 bits per heavy atom. The largest absolute Gasteiger partial charge is 0.508 e. The summed E-state index contributed by atoms with van der Waals surface area (Å²) in [5.74, 6) is -1.24. The fourth-order valence-electron chi connectivity index (χ4n) is 1.87. The van der Waals surface area contributed by atoms with E-state index < -0.39 is 35.5 Å². The van der Waals surface area contributed by atoms with E-state index in [0.717, 1.165) is 12.2 Å². The second-order valence-electron chi connectivity index (χ2n) is 7.16. The lowest BCUT2D eigenvalue weighted by Crippen LogP contribution is -2.35. The summed E-state index contributed by atoms with van der Waals surface area (Å²) >= 11 is 0. The number of carbonyl (C=O) groups is 4. The molecule has 0 heterocycles. The van der Waals surface area contributed by atoms with Crippen molar-refractivity contribution in [2.75, 3.05) is 26.4 Å². The Labute approximate surface area is 176 Å². The smallest absolute Gasteiger partial charge is 0.459 e. The minimum atomic E-state index is -0.915. The maximum Gasteiger partial charge on any atom is 0.508 e. The molecule has 0 saturated carbocycles. The van der Waals surface area contributed by atoms with Gasteiger partial charge in [0.15, 0.2) is 0 Å². The zero-order valence-electron chi connectivity index (χ0n) is 17.9. The SMILES string of the molecule is C=CC(=O)OCCOC(=O)OC(C)(C)CCC(C)(C)OC(=O)OCCOC(=O)C=C. The summed E-state index contributed by atoms with van der Waals surface area (Å²) in [5.41, 5.74) is -1.81. The van der Waals surface area contributed by atoms with Crippen LogP contribution < -0.4 is 0 Å². The molecule has 0 rings (SSSR count). The van der Waals surface area contributed by atoms with Crippen molar-refractivity contribution in [1.29, 1.82) is 0 Å². The molecule has 0 N–H and O–H groups in total. The van der Waals surface area contributed by atoms with E-state index in [4.69, 9.17) is 18.9 Å². The quantitative estimate of drug-likeness (QED) is 0.186. The van der Waals surface area contributed by atoms with Crippen LogP contribution in [0.4, 0.5) is 9.59 Å². The van der Waals surface area contributed by atoms with Gasteiger partial charge in [-0.3, -0.25) is 0 Å². The third-order valence-corrected chi connectivity index (χ3v) is 3.48. The number of hydrogen-bond donors (Lipinski definition) is 0.